The van der Waals surface area contributed by atoms with Crippen LogP contribution in [0.1, 0.15) is 37.6 Å². The molecule has 0 saturated carbocycles. The lowest BCUT2D eigenvalue weighted by Crippen LogP contribution is -2.10. The van der Waals surface area contributed by atoms with Crippen molar-refractivity contribution in [2.75, 3.05) is 0 Å². The summed E-state index contributed by atoms with van der Waals surface area (Å²) in [5.74, 6) is 0.429. The molecule has 0 aliphatic carbocycles. The Kier molecular flexibility index (Phi) is 3.85. The predicted molar refractivity (Wildman–Crippen MR) is 58.2 cm³/mol. The minimum absolute atomic E-state index is 0.429. The van der Waals surface area contributed by atoms with Crippen LogP contribution < -0.4 is 0 Å². The van der Waals surface area contributed by atoms with E-state index in [1.165, 1.54) is 0 Å². The fourth-order valence-corrected chi connectivity index (χ4v) is 1.46. The Morgan fingerprint density at radius 3 is 2.54 bits per heavy atom. The Morgan fingerprint density at radius 1 is 1.38 bits per heavy atom. The molecule has 13 heavy (non-hydrogen) atoms. The number of rotatable bonds is 3. The van der Waals surface area contributed by atoms with Gasteiger partial charge in [0.05, 0.1) is 11.4 Å². The van der Waals surface area contributed by atoms with Gasteiger partial charge in [0.15, 0.2) is 0 Å². The van der Waals surface area contributed by atoms with Crippen molar-refractivity contribution in [1.29, 1.82) is 0 Å². The molecule has 2 atom stereocenters. The monoisotopic (exact) mass is 242 g/mol. The van der Waals surface area contributed by atoms with E-state index in [0.29, 0.717) is 10.7 Å². The number of aryl methyl sites for hydroxylation is 1. The largest absolute Gasteiger partial charge is 0.156 e. The summed E-state index contributed by atoms with van der Waals surface area (Å²) in [6.45, 7) is 6.28. The summed E-state index contributed by atoms with van der Waals surface area (Å²) in [4.78, 5) is 0.490. The molecule has 0 aromatic carbocycles. The first-order chi connectivity index (χ1) is 6.15. The van der Waals surface area contributed by atoms with Crippen LogP contribution in [0.25, 0.3) is 0 Å². The first kappa shape index (κ1) is 10.6. The van der Waals surface area contributed by atoms with E-state index in [1.807, 2.05) is 13.0 Å². The maximum atomic E-state index is 4.17. The second kappa shape index (κ2) is 4.70. The fourth-order valence-electron chi connectivity index (χ4n) is 1.19. The molecule has 0 fully saturated rings. The van der Waals surface area contributed by atoms with E-state index >= 15 is 0 Å². The Balaban J connectivity index is 2.77. The Morgan fingerprint density at radius 2 is 2.08 bits per heavy atom. The van der Waals surface area contributed by atoms with Gasteiger partial charge < -0.3 is 0 Å². The van der Waals surface area contributed by atoms with Crippen LogP contribution >= 0.6 is 15.9 Å². The van der Waals surface area contributed by atoms with E-state index in [2.05, 4.69) is 46.0 Å². The van der Waals surface area contributed by atoms with Gasteiger partial charge in [-0.1, -0.05) is 29.8 Å². The van der Waals surface area contributed by atoms with Crippen molar-refractivity contribution in [3.05, 3.63) is 23.5 Å². The minimum Gasteiger partial charge on any atom is -0.156 e. The van der Waals surface area contributed by atoms with Crippen molar-refractivity contribution < 1.29 is 0 Å². The third-order valence-electron chi connectivity index (χ3n) is 2.22. The predicted octanol–water partition coefficient (Wildman–Crippen LogP) is 3.06. The molecule has 0 amide bonds. The van der Waals surface area contributed by atoms with Gasteiger partial charge in [-0.15, -0.1) is 0 Å². The van der Waals surface area contributed by atoms with Crippen molar-refractivity contribution in [3.8, 4) is 0 Å². The molecule has 0 N–H and O–H groups in total. The van der Waals surface area contributed by atoms with Crippen LogP contribution in [0.15, 0.2) is 12.1 Å². The van der Waals surface area contributed by atoms with Crippen LogP contribution in [-0.4, -0.2) is 15.0 Å². The zero-order valence-corrected chi connectivity index (χ0v) is 9.87. The highest BCUT2D eigenvalue weighted by atomic mass is 79.9. The summed E-state index contributed by atoms with van der Waals surface area (Å²) >= 11 is 3.63. The highest BCUT2D eigenvalue weighted by molar-refractivity contribution is 9.09. The maximum absolute atomic E-state index is 4.17. The Bertz CT molecular complexity index is 258. The molecule has 1 heterocycles. The SMILES string of the molecule is CCC(Br)C(C)c1ccc(C)nn1. The molecule has 0 radical (unpaired) electrons. The lowest BCUT2D eigenvalue weighted by Gasteiger charge is -2.15. The van der Waals surface area contributed by atoms with Crippen molar-refractivity contribution in [2.45, 2.75) is 37.9 Å². The molecule has 0 spiro atoms. The second-order valence-electron chi connectivity index (χ2n) is 3.31. The number of alkyl halides is 1. The zero-order valence-electron chi connectivity index (χ0n) is 8.29. The van der Waals surface area contributed by atoms with Gasteiger partial charge in [0.1, 0.15) is 0 Å². The third kappa shape index (κ3) is 2.76. The van der Waals surface area contributed by atoms with Crippen LogP contribution in [0, 0.1) is 6.92 Å². The van der Waals surface area contributed by atoms with E-state index in [1.54, 1.807) is 0 Å². The van der Waals surface area contributed by atoms with E-state index in [0.717, 1.165) is 17.8 Å². The van der Waals surface area contributed by atoms with Gasteiger partial charge in [0.25, 0.3) is 0 Å². The fraction of sp³-hybridized carbons (Fsp3) is 0.600. The van der Waals surface area contributed by atoms with Crippen molar-refractivity contribution in [2.24, 2.45) is 0 Å². The smallest absolute Gasteiger partial charge is 0.0670 e. The van der Waals surface area contributed by atoms with Gasteiger partial charge >= 0.3 is 0 Å². The van der Waals surface area contributed by atoms with E-state index in [4.69, 9.17) is 0 Å². The van der Waals surface area contributed by atoms with Gasteiger partial charge in [0.2, 0.25) is 0 Å². The molecule has 2 nitrogen and oxygen atoms in total. The standard InChI is InChI=1S/C10H15BrN2/c1-4-9(11)8(3)10-6-5-7(2)12-13-10/h5-6,8-9H,4H2,1-3H3. The van der Waals surface area contributed by atoms with Gasteiger partial charge in [-0.3, -0.25) is 0 Å². The molecule has 72 valence electrons. The summed E-state index contributed by atoms with van der Waals surface area (Å²) in [6, 6.07) is 4.06. The molecule has 0 aliphatic heterocycles. The highest BCUT2D eigenvalue weighted by Crippen LogP contribution is 2.24. The maximum Gasteiger partial charge on any atom is 0.0670 e. The van der Waals surface area contributed by atoms with Gasteiger partial charge in [-0.25, -0.2) is 0 Å². The van der Waals surface area contributed by atoms with Gasteiger partial charge in [0, 0.05) is 10.7 Å². The molecule has 3 heteroatoms. The lowest BCUT2D eigenvalue weighted by atomic mass is 10.0. The van der Waals surface area contributed by atoms with Crippen LogP contribution in [0.5, 0.6) is 0 Å². The summed E-state index contributed by atoms with van der Waals surface area (Å²) in [6.07, 6.45) is 1.11. The number of hydrogen-bond acceptors (Lipinski definition) is 2. The topological polar surface area (TPSA) is 25.8 Å². The Hall–Kier alpha value is -0.440. The summed E-state index contributed by atoms with van der Waals surface area (Å²) < 4.78 is 0. The first-order valence-corrected chi connectivity index (χ1v) is 5.51. The second-order valence-corrected chi connectivity index (χ2v) is 4.49. The quantitative estimate of drug-likeness (QED) is 0.762. The summed E-state index contributed by atoms with van der Waals surface area (Å²) in [5.41, 5.74) is 2.04. The molecule has 1 aromatic heterocycles. The molecule has 2 unspecified atom stereocenters. The highest BCUT2D eigenvalue weighted by Gasteiger charge is 2.15. The molecule has 0 aliphatic rings. The molecule has 0 bridgehead atoms. The average Bonchev–Trinajstić information content (AvgIpc) is 2.17. The van der Waals surface area contributed by atoms with Crippen LogP contribution in [0.4, 0.5) is 0 Å². The summed E-state index contributed by atoms with van der Waals surface area (Å²) in [7, 11) is 0. The zero-order chi connectivity index (χ0) is 9.84. The van der Waals surface area contributed by atoms with Gasteiger partial charge in [-0.05, 0) is 25.5 Å². The normalized spacial score (nSPS) is 15.4. The third-order valence-corrected chi connectivity index (χ3v) is 3.66. The van der Waals surface area contributed by atoms with E-state index in [9.17, 15) is 0 Å². The molecule has 0 saturated heterocycles. The van der Waals surface area contributed by atoms with Crippen LogP contribution in [0.2, 0.25) is 0 Å². The van der Waals surface area contributed by atoms with Gasteiger partial charge in [-0.2, -0.15) is 10.2 Å². The van der Waals surface area contributed by atoms with Crippen LogP contribution in [0.3, 0.4) is 0 Å². The van der Waals surface area contributed by atoms with Crippen LogP contribution in [-0.2, 0) is 0 Å². The average molecular weight is 243 g/mol. The number of nitrogens with zero attached hydrogens (tertiary/aromatic N) is 2. The minimum atomic E-state index is 0.429. The summed E-state index contributed by atoms with van der Waals surface area (Å²) in [5, 5.41) is 8.21. The number of halogens is 1. The number of aromatic nitrogens is 2. The number of hydrogen-bond donors (Lipinski definition) is 0. The first-order valence-electron chi connectivity index (χ1n) is 4.59. The molecular formula is C10H15BrN2. The molecular weight excluding hydrogens is 228 g/mol. The molecule has 1 aromatic rings. The van der Waals surface area contributed by atoms with E-state index < -0.39 is 0 Å². The van der Waals surface area contributed by atoms with Crippen molar-refractivity contribution >= 4 is 15.9 Å². The Labute approximate surface area is 87.9 Å². The molecule has 1 rings (SSSR count). The van der Waals surface area contributed by atoms with E-state index in [-0.39, 0.29) is 0 Å². The van der Waals surface area contributed by atoms with Crippen molar-refractivity contribution in [1.82, 2.24) is 10.2 Å². The van der Waals surface area contributed by atoms with Crippen molar-refractivity contribution in [3.63, 3.8) is 0 Å². The lowest BCUT2D eigenvalue weighted by molar-refractivity contribution is 0.660.